The normalized spacial score (nSPS) is 11.6. The van der Waals surface area contributed by atoms with Gasteiger partial charge in [-0.1, -0.05) is 22.9 Å². The molecule has 80 valence electrons. The van der Waals surface area contributed by atoms with E-state index in [2.05, 4.69) is 25.6 Å². The first-order chi connectivity index (χ1) is 6.48. The van der Waals surface area contributed by atoms with E-state index in [1.165, 1.54) is 11.3 Å². The third-order valence-corrected chi connectivity index (χ3v) is 5.27. The number of hydrogen-bond acceptors (Lipinski definition) is 4. The SMILES string of the molecule is CCc1nc(NS(=O)(=O)CBr)sc1C. The van der Waals surface area contributed by atoms with Crippen LogP contribution in [0.25, 0.3) is 0 Å². The van der Waals surface area contributed by atoms with Gasteiger partial charge >= 0.3 is 0 Å². The van der Waals surface area contributed by atoms with E-state index in [1.54, 1.807) is 0 Å². The summed E-state index contributed by atoms with van der Waals surface area (Å²) in [6.07, 6.45) is 0.818. The fraction of sp³-hybridized carbons (Fsp3) is 0.571. The summed E-state index contributed by atoms with van der Waals surface area (Å²) >= 11 is 4.26. The molecule has 0 spiro atoms. The van der Waals surface area contributed by atoms with Gasteiger partial charge in [0.2, 0.25) is 10.0 Å². The third kappa shape index (κ3) is 2.93. The zero-order valence-electron chi connectivity index (χ0n) is 7.87. The van der Waals surface area contributed by atoms with Crippen molar-refractivity contribution in [2.45, 2.75) is 20.3 Å². The first-order valence-electron chi connectivity index (χ1n) is 4.01. The summed E-state index contributed by atoms with van der Waals surface area (Å²) in [6.45, 7) is 3.92. The standard InChI is InChI=1S/C7H11BrN2O2S2/c1-3-6-5(2)13-7(9-6)10-14(11,12)4-8/h3-4H2,1-2H3,(H,9,10). The quantitative estimate of drug-likeness (QED) is 0.866. The number of hydrogen-bond donors (Lipinski definition) is 1. The zero-order chi connectivity index (χ0) is 10.8. The molecule has 0 unspecified atom stereocenters. The molecule has 0 aliphatic rings. The molecule has 0 aromatic carbocycles. The Hall–Kier alpha value is -0.140. The second-order valence-corrected chi connectivity index (χ2v) is 6.93. The number of nitrogens with zero attached hydrogens (tertiary/aromatic N) is 1. The molecule has 0 atom stereocenters. The van der Waals surface area contributed by atoms with Gasteiger partial charge < -0.3 is 0 Å². The van der Waals surface area contributed by atoms with Crippen LogP contribution in [0, 0.1) is 6.92 Å². The van der Waals surface area contributed by atoms with Gasteiger partial charge in [0.15, 0.2) is 5.13 Å². The van der Waals surface area contributed by atoms with E-state index in [9.17, 15) is 8.42 Å². The van der Waals surface area contributed by atoms with E-state index in [4.69, 9.17) is 0 Å². The van der Waals surface area contributed by atoms with Gasteiger partial charge in [0.25, 0.3) is 0 Å². The Kier molecular flexibility index (Phi) is 3.91. The number of aryl methyl sites for hydroxylation is 2. The van der Waals surface area contributed by atoms with E-state index in [0.29, 0.717) is 5.13 Å². The highest BCUT2D eigenvalue weighted by molar-refractivity contribution is 9.10. The van der Waals surface area contributed by atoms with Gasteiger partial charge in [-0.25, -0.2) is 13.4 Å². The van der Waals surface area contributed by atoms with Crippen LogP contribution in [0.4, 0.5) is 5.13 Å². The summed E-state index contributed by atoms with van der Waals surface area (Å²) in [6, 6.07) is 0. The maximum atomic E-state index is 11.2. The van der Waals surface area contributed by atoms with Gasteiger partial charge in [0.1, 0.15) is 4.66 Å². The van der Waals surface area contributed by atoms with Crippen LogP contribution in [0.1, 0.15) is 17.5 Å². The van der Waals surface area contributed by atoms with Crippen molar-refractivity contribution in [2.75, 3.05) is 9.38 Å². The second-order valence-electron chi connectivity index (χ2n) is 2.70. The van der Waals surface area contributed by atoms with Crippen molar-refractivity contribution in [1.29, 1.82) is 0 Å². The number of nitrogens with one attached hydrogen (secondary N) is 1. The maximum absolute atomic E-state index is 11.2. The largest absolute Gasteiger partial charge is 0.258 e. The summed E-state index contributed by atoms with van der Waals surface area (Å²) in [7, 11) is -3.27. The number of halogens is 1. The third-order valence-electron chi connectivity index (χ3n) is 1.61. The van der Waals surface area contributed by atoms with Crippen molar-refractivity contribution >= 4 is 42.4 Å². The van der Waals surface area contributed by atoms with Gasteiger partial charge in [0.05, 0.1) is 5.69 Å². The van der Waals surface area contributed by atoms with Crippen LogP contribution in [0.5, 0.6) is 0 Å². The highest BCUT2D eigenvalue weighted by Crippen LogP contribution is 2.23. The molecular weight excluding hydrogens is 288 g/mol. The number of anilines is 1. The number of alkyl halides is 1. The van der Waals surface area contributed by atoms with Gasteiger partial charge in [-0.15, -0.1) is 11.3 Å². The smallest absolute Gasteiger partial charge is 0.244 e. The zero-order valence-corrected chi connectivity index (χ0v) is 11.1. The second kappa shape index (κ2) is 4.59. The fourth-order valence-electron chi connectivity index (χ4n) is 0.960. The highest BCUT2D eigenvalue weighted by Gasteiger charge is 2.12. The Bertz CT molecular complexity index is 413. The van der Waals surface area contributed by atoms with E-state index >= 15 is 0 Å². The lowest BCUT2D eigenvalue weighted by molar-refractivity contribution is 0.606. The average Bonchev–Trinajstić information content (AvgIpc) is 2.45. The number of aromatic nitrogens is 1. The molecule has 1 heterocycles. The highest BCUT2D eigenvalue weighted by atomic mass is 79.9. The van der Waals surface area contributed by atoms with E-state index in [1.807, 2.05) is 13.8 Å². The Morgan fingerprint density at radius 2 is 2.21 bits per heavy atom. The minimum absolute atomic E-state index is 0.111. The van der Waals surface area contributed by atoms with Crippen LogP contribution in [-0.4, -0.2) is 18.1 Å². The summed E-state index contributed by atoms with van der Waals surface area (Å²) in [5.74, 6) is 0. The maximum Gasteiger partial charge on any atom is 0.244 e. The molecule has 1 N–H and O–H groups in total. The van der Waals surface area contributed by atoms with Crippen molar-refractivity contribution in [3.8, 4) is 0 Å². The van der Waals surface area contributed by atoms with E-state index in [-0.39, 0.29) is 4.66 Å². The molecule has 0 radical (unpaired) electrons. The Morgan fingerprint density at radius 1 is 1.57 bits per heavy atom. The summed E-state index contributed by atoms with van der Waals surface area (Å²) < 4.78 is 24.7. The van der Waals surface area contributed by atoms with Crippen molar-refractivity contribution in [3.05, 3.63) is 10.6 Å². The Balaban J connectivity index is 2.88. The van der Waals surface area contributed by atoms with Gasteiger partial charge in [-0.05, 0) is 13.3 Å². The fourth-order valence-corrected chi connectivity index (χ4v) is 2.97. The molecule has 0 fully saturated rings. The first-order valence-corrected chi connectivity index (χ1v) is 7.60. The van der Waals surface area contributed by atoms with Crippen LogP contribution >= 0.6 is 27.3 Å². The Morgan fingerprint density at radius 3 is 2.64 bits per heavy atom. The van der Waals surface area contributed by atoms with Crippen molar-refractivity contribution in [2.24, 2.45) is 0 Å². The lowest BCUT2D eigenvalue weighted by Crippen LogP contribution is -2.12. The van der Waals surface area contributed by atoms with Crippen molar-refractivity contribution in [3.63, 3.8) is 0 Å². The first kappa shape index (κ1) is 11.9. The van der Waals surface area contributed by atoms with Crippen LogP contribution in [0.2, 0.25) is 0 Å². The van der Waals surface area contributed by atoms with Crippen LogP contribution in [-0.2, 0) is 16.4 Å². The molecule has 7 heteroatoms. The van der Waals surface area contributed by atoms with Gasteiger partial charge in [0, 0.05) is 4.88 Å². The molecule has 0 aliphatic heterocycles. The van der Waals surface area contributed by atoms with E-state index < -0.39 is 10.0 Å². The van der Waals surface area contributed by atoms with Crippen LogP contribution in [0.15, 0.2) is 0 Å². The molecule has 1 aromatic rings. The lowest BCUT2D eigenvalue weighted by atomic mass is 10.3. The van der Waals surface area contributed by atoms with Crippen molar-refractivity contribution < 1.29 is 8.42 Å². The predicted octanol–water partition coefficient (Wildman–Crippen LogP) is 2.11. The van der Waals surface area contributed by atoms with E-state index in [0.717, 1.165) is 17.0 Å². The molecule has 0 saturated heterocycles. The number of sulfonamides is 1. The molecule has 1 aromatic heterocycles. The Labute approximate surface area is 95.9 Å². The average molecular weight is 299 g/mol. The predicted molar refractivity (Wildman–Crippen MR) is 62.6 cm³/mol. The number of thiazole rings is 1. The monoisotopic (exact) mass is 298 g/mol. The summed E-state index contributed by atoms with van der Waals surface area (Å²) in [5.41, 5.74) is 0.947. The molecule has 4 nitrogen and oxygen atoms in total. The topological polar surface area (TPSA) is 59.1 Å². The minimum Gasteiger partial charge on any atom is -0.258 e. The molecule has 14 heavy (non-hydrogen) atoms. The summed E-state index contributed by atoms with van der Waals surface area (Å²) in [5, 5.41) is 0.443. The lowest BCUT2D eigenvalue weighted by Gasteiger charge is -1.99. The van der Waals surface area contributed by atoms with Gasteiger partial charge in [-0.3, -0.25) is 4.72 Å². The molecule has 0 saturated carbocycles. The minimum atomic E-state index is -3.27. The molecule has 1 rings (SSSR count). The van der Waals surface area contributed by atoms with Crippen LogP contribution < -0.4 is 4.72 Å². The summed E-state index contributed by atoms with van der Waals surface area (Å²) in [4.78, 5) is 5.22. The molecule has 0 aliphatic carbocycles. The van der Waals surface area contributed by atoms with Crippen molar-refractivity contribution in [1.82, 2.24) is 4.98 Å². The number of rotatable bonds is 4. The van der Waals surface area contributed by atoms with Crippen LogP contribution in [0.3, 0.4) is 0 Å². The molecule has 0 bridgehead atoms. The molecular formula is C7H11BrN2O2S2. The van der Waals surface area contributed by atoms with Gasteiger partial charge in [-0.2, -0.15) is 0 Å². The molecule has 0 amide bonds.